The molecule has 2 heteroatoms. The van der Waals surface area contributed by atoms with Crippen molar-refractivity contribution in [3.05, 3.63) is 0 Å². The van der Waals surface area contributed by atoms with Gasteiger partial charge in [-0.15, -0.1) is 0 Å². The van der Waals surface area contributed by atoms with Crippen LogP contribution in [0.15, 0.2) is 9.98 Å². The normalized spacial score (nSPS) is 13.1. The van der Waals surface area contributed by atoms with E-state index in [1.807, 2.05) is 13.8 Å². The van der Waals surface area contributed by atoms with E-state index in [2.05, 4.69) is 9.98 Å². The highest BCUT2D eigenvalue weighted by molar-refractivity contribution is 5.84. The van der Waals surface area contributed by atoms with E-state index in [0.717, 1.165) is 12.3 Å². The molecule has 0 radical (unpaired) electrons. The van der Waals surface area contributed by atoms with Gasteiger partial charge in [0.25, 0.3) is 0 Å². The van der Waals surface area contributed by atoms with Gasteiger partial charge < -0.3 is 0 Å². The van der Waals surface area contributed by atoms with Crippen LogP contribution in [0, 0.1) is 0 Å². The number of nitrogens with zero attached hydrogens (tertiary/aromatic N) is 2. The Morgan fingerprint density at radius 2 is 2.25 bits per heavy atom. The highest BCUT2D eigenvalue weighted by Gasteiger charge is 1.80. The van der Waals surface area contributed by atoms with Crippen LogP contribution in [-0.2, 0) is 0 Å². The van der Waals surface area contributed by atoms with Crippen LogP contribution >= 0.6 is 0 Å². The van der Waals surface area contributed by atoms with Crippen molar-refractivity contribution in [1.29, 1.82) is 0 Å². The minimum Gasteiger partial charge on any atom is -0.296 e. The van der Waals surface area contributed by atoms with Crippen molar-refractivity contribution in [2.75, 3.05) is 13.6 Å². The molecule has 0 fully saturated rings. The van der Waals surface area contributed by atoms with E-state index in [0.29, 0.717) is 0 Å². The van der Waals surface area contributed by atoms with Gasteiger partial charge in [0.1, 0.15) is 0 Å². The van der Waals surface area contributed by atoms with Crippen LogP contribution in [0.25, 0.3) is 0 Å². The maximum atomic E-state index is 3.99. The first-order chi connectivity index (χ1) is 3.81. The maximum Gasteiger partial charge on any atom is 0.0760 e. The quantitative estimate of drug-likeness (QED) is 0.479. The summed E-state index contributed by atoms with van der Waals surface area (Å²) in [6, 6.07) is 0. The van der Waals surface area contributed by atoms with Crippen LogP contribution in [0.2, 0.25) is 0 Å². The lowest BCUT2D eigenvalue weighted by atomic mass is 10.4. The van der Waals surface area contributed by atoms with E-state index in [9.17, 15) is 0 Å². The van der Waals surface area contributed by atoms with Gasteiger partial charge in [-0.2, -0.15) is 0 Å². The SMILES string of the molecule is CC=NCC(C)=NC. The molecule has 2 nitrogen and oxygen atoms in total. The number of hydrogen-bond acceptors (Lipinski definition) is 2. The van der Waals surface area contributed by atoms with Crippen LogP contribution in [-0.4, -0.2) is 25.5 Å². The smallest absolute Gasteiger partial charge is 0.0760 e. The molecule has 0 aliphatic carbocycles. The lowest BCUT2D eigenvalue weighted by Gasteiger charge is -1.87. The summed E-state index contributed by atoms with van der Waals surface area (Å²) < 4.78 is 0. The Labute approximate surface area is 50.4 Å². The largest absolute Gasteiger partial charge is 0.296 e. The predicted molar refractivity (Wildman–Crippen MR) is 38.1 cm³/mol. The van der Waals surface area contributed by atoms with Gasteiger partial charge in [-0.3, -0.25) is 9.98 Å². The molecule has 0 amide bonds. The van der Waals surface area contributed by atoms with Gasteiger partial charge in [0.05, 0.1) is 6.54 Å². The van der Waals surface area contributed by atoms with E-state index < -0.39 is 0 Å². The van der Waals surface area contributed by atoms with E-state index >= 15 is 0 Å². The topological polar surface area (TPSA) is 24.7 Å². The van der Waals surface area contributed by atoms with Crippen molar-refractivity contribution in [3.8, 4) is 0 Å². The minimum absolute atomic E-state index is 0.743. The molecule has 0 rings (SSSR count). The second-order valence-corrected chi connectivity index (χ2v) is 1.56. The maximum absolute atomic E-state index is 3.99. The zero-order chi connectivity index (χ0) is 6.41. The van der Waals surface area contributed by atoms with Gasteiger partial charge in [-0.25, -0.2) is 0 Å². The Morgan fingerprint density at radius 1 is 1.62 bits per heavy atom. The summed E-state index contributed by atoms with van der Waals surface area (Å²) in [6.07, 6.45) is 1.79. The second-order valence-electron chi connectivity index (χ2n) is 1.56. The van der Waals surface area contributed by atoms with Crippen molar-refractivity contribution in [1.82, 2.24) is 0 Å². The molecule has 0 aliphatic heterocycles. The summed E-state index contributed by atoms with van der Waals surface area (Å²) in [6.45, 7) is 4.61. The van der Waals surface area contributed by atoms with Crippen molar-refractivity contribution >= 4 is 11.9 Å². The number of rotatable bonds is 2. The lowest BCUT2D eigenvalue weighted by molar-refractivity contribution is 1.25. The summed E-state index contributed by atoms with van der Waals surface area (Å²) in [5, 5.41) is 0. The highest BCUT2D eigenvalue weighted by atomic mass is 14.8. The fourth-order valence-electron chi connectivity index (χ4n) is 0.294. The Bertz CT molecular complexity index is 103. The molecule has 0 aliphatic rings. The number of hydrogen-bond donors (Lipinski definition) is 0. The molecule has 0 aromatic heterocycles. The molecule has 8 heavy (non-hydrogen) atoms. The Kier molecular flexibility index (Phi) is 4.13. The van der Waals surface area contributed by atoms with E-state index in [1.54, 1.807) is 13.3 Å². The van der Waals surface area contributed by atoms with Crippen LogP contribution in [0.3, 0.4) is 0 Å². The van der Waals surface area contributed by atoms with Gasteiger partial charge in [0, 0.05) is 12.8 Å². The average Bonchev–Trinajstić information content (AvgIpc) is 1.83. The zero-order valence-electron chi connectivity index (χ0n) is 5.68. The van der Waals surface area contributed by atoms with Crippen LogP contribution in [0.1, 0.15) is 13.8 Å². The Balaban J connectivity index is 3.40. The fraction of sp³-hybridized carbons (Fsp3) is 0.667. The molecule has 0 heterocycles. The monoisotopic (exact) mass is 112 g/mol. The van der Waals surface area contributed by atoms with Gasteiger partial charge in [-0.1, -0.05) is 0 Å². The molecule has 46 valence electrons. The van der Waals surface area contributed by atoms with E-state index in [-0.39, 0.29) is 0 Å². The number of aliphatic imine (C=N–C) groups is 2. The standard InChI is InChI=1S/C6H12N2/c1-4-8-5-6(2)7-3/h4H,5H2,1-3H3. The summed E-state index contributed by atoms with van der Waals surface area (Å²) >= 11 is 0. The van der Waals surface area contributed by atoms with Gasteiger partial charge in [0.15, 0.2) is 0 Å². The van der Waals surface area contributed by atoms with Crippen molar-refractivity contribution in [2.24, 2.45) is 9.98 Å². The molecule has 0 saturated heterocycles. The molecule has 0 saturated carbocycles. The molecular weight excluding hydrogens is 100 g/mol. The first-order valence-electron chi connectivity index (χ1n) is 2.68. The average molecular weight is 112 g/mol. The second kappa shape index (κ2) is 4.50. The molecule has 0 bridgehead atoms. The molecule has 0 atom stereocenters. The summed E-state index contributed by atoms with van der Waals surface area (Å²) in [5.41, 5.74) is 1.07. The zero-order valence-corrected chi connectivity index (χ0v) is 5.68. The van der Waals surface area contributed by atoms with Crippen molar-refractivity contribution in [3.63, 3.8) is 0 Å². The predicted octanol–water partition coefficient (Wildman–Crippen LogP) is 1.17. The lowest BCUT2D eigenvalue weighted by Crippen LogP contribution is -1.94. The third kappa shape index (κ3) is 3.53. The Morgan fingerprint density at radius 3 is 2.62 bits per heavy atom. The molecule has 0 spiro atoms. The summed E-state index contributed by atoms with van der Waals surface area (Å²) in [5.74, 6) is 0. The minimum atomic E-state index is 0.743. The molecule has 0 aromatic carbocycles. The van der Waals surface area contributed by atoms with Crippen molar-refractivity contribution < 1.29 is 0 Å². The molecular formula is C6H12N2. The van der Waals surface area contributed by atoms with Gasteiger partial charge in [-0.05, 0) is 20.1 Å². The fourth-order valence-corrected chi connectivity index (χ4v) is 0.294. The summed E-state index contributed by atoms with van der Waals surface area (Å²) in [4.78, 5) is 7.92. The Hall–Kier alpha value is -0.660. The summed E-state index contributed by atoms with van der Waals surface area (Å²) in [7, 11) is 1.78. The van der Waals surface area contributed by atoms with Crippen molar-refractivity contribution in [2.45, 2.75) is 13.8 Å². The van der Waals surface area contributed by atoms with Gasteiger partial charge >= 0.3 is 0 Å². The van der Waals surface area contributed by atoms with Crippen LogP contribution in [0.5, 0.6) is 0 Å². The van der Waals surface area contributed by atoms with E-state index in [1.165, 1.54) is 0 Å². The first-order valence-corrected chi connectivity index (χ1v) is 2.68. The van der Waals surface area contributed by atoms with Gasteiger partial charge in [0.2, 0.25) is 0 Å². The molecule has 0 N–H and O–H groups in total. The first kappa shape index (κ1) is 7.34. The third-order valence-electron chi connectivity index (χ3n) is 0.884. The van der Waals surface area contributed by atoms with Crippen LogP contribution in [0.4, 0.5) is 0 Å². The molecule has 0 unspecified atom stereocenters. The van der Waals surface area contributed by atoms with E-state index in [4.69, 9.17) is 0 Å². The third-order valence-corrected chi connectivity index (χ3v) is 0.884. The van der Waals surface area contributed by atoms with Crippen LogP contribution < -0.4 is 0 Å². The highest BCUT2D eigenvalue weighted by Crippen LogP contribution is 1.74. The molecule has 0 aromatic rings.